The molecule has 0 saturated carbocycles. The topological polar surface area (TPSA) is 52.0 Å². The summed E-state index contributed by atoms with van der Waals surface area (Å²) in [6, 6.07) is 7.08. The summed E-state index contributed by atoms with van der Waals surface area (Å²) in [6.07, 6.45) is 1.44. The Labute approximate surface area is 126 Å². The standard InChI is InChI=1S/C13H10Br2N2O2/c1-8-16-6-11(15)13(19)17(8)7-12(18)9-3-2-4-10(14)5-9/h2-6H,7H2,1H3. The molecule has 0 unspecified atom stereocenters. The van der Waals surface area contributed by atoms with Gasteiger partial charge in [0.1, 0.15) is 10.3 Å². The first-order chi connectivity index (χ1) is 8.99. The molecule has 98 valence electrons. The zero-order valence-electron chi connectivity index (χ0n) is 10.1. The van der Waals surface area contributed by atoms with E-state index < -0.39 is 0 Å². The van der Waals surface area contributed by atoms with Crippen molar-refractivity contribution in [3.05, 3.63) is 61.1 Å². The van der Waals surface area contributed by atoms with Crippen molar-refractivity contribution < 1.29 is 4.79 Å². The molecular weight excluding hydrogens is 376 g/mol. The van der Waals surface area contributed by atoms with E-state index in [-0.39, 0.29) is 17.9 Å². The third-order valence-corrected chi connectivity index (χ3v) is 3.69. The van der Waals surface area contributed by atoms with Crippen molar-refractivity contribution in [2.45, 2.75) is 13.5 Å². The number of aromatic nitrogens is 2. The molecule has 0 aliphatic rings. The van der Waals surface area contributed by atoms with Crippen LogP contribution in [0.2, 0.25) is 0 Å². The molecule has 1 aromatic carbocycles. The highest BCUT2D eigenvalue weighted by atomic mass is 79.9. The number of rotatable bonds is 3. The van der Waals surface area contributed by atoms with Gasteiger partial charge in [0.25, 0.3) is 5.56 Å². The lowest BCUT2D eigenvalue weighted by atomic mass is 10.1. The maximum absolute atomic E-state index is 12.2. The lowest BCUT2D eigenvalue weighted by molar-refractivity contribution is 0.0969. The Balaban J connectivity index is 2.35. The summed E-state index contributed by atoms with van der Waals surface area (Å²) in [6.45, 7) is 1.68. The fourth-order valence-electron chi connectivity index (χ4n) is 1.63. The molecule has 0 radical (unpaired) electrons. The first-order valence-corrected chi connectivity index (χ1v) is 7.08. The molecule has 0 aliphatic carbocycles. The molecule has 0 aliphatic heterocycles. The molecule has 0 spiro atoms. The van der Waals surface area contributed by atoms with Crippen molar-refractivity contribution in [3.8, 4) is 0 Å². The van der Waals surface area contributed by atoms with Gasteiger partial charge in [0.15, 0.2) is 5.78 Å². The van der Waals surface area contributed by atoms with Gasteiger partial charge in [0.05, 0.1) is 6.54 Å². The Hall–Kier alpha value is -1.27. The molecule has 0 N–H and O–H groups in total. The fraction of sp³-hybridized carbons (Fsp3) is 0.154. The molecule has 0 bridgehead atoms. The van der Waals surface area contributed by atoms with Crippen LogP contribution in [-0.2, 0) is 6.54 Å². The minimum absolute atomic E-state index is 0.0203. The number of aryl methyl sites for hydroxylation is 1. The van der Waals surface area contributed by atoms with Crippen molar-refractivity contribution in [2.75, 3.05) is 0 Å². The Morgan fingerprint density at radius 2 is 2.11 bits per heavy atom. The molecule has 0 saturated heterocycles. The Morgan fingerprint density at radius 1 is 1.37 bits per heavy atom. The zero-order valence-corrected chi connectivity index (χ0v) is 13.2. The first kappa shape index (κ1) is 14.1. The number of hydrogen-bond acceptors (Lipinski definition) is 3. The monoisotopic (exact) mass is 384 g/mol. The molecule has 2 rings (SSSR count). The summed E-state index contributed by atoms with van der Waals surface area (Å²) in [4.78, 5) is 28.2. The maximum Gasteiger partial charge on any atom is 0.268 e. The average Bonchev–Trinajstić information content (AvgIpc) is 2.39. The molecule has 4 nitrogen and oxygen atoms in total. The third kappa shape index (κ3) is 3.19. The van der Waals surface area contributed by atoms with Gasteiger partial charge < -0.3 is 0 Å². The van der Waals surface area contributed by atoms with E-state index in [1.165, 1.54) is 10.8 Å². The molecule has 1 aromatic heterocycles. The second-order valence-electron chi connectivity index (χ2n) is 3.98. The quantitative estimate of drug-likeness (QED) is 0.763. The molecule has 0 amide bonds. The second kappa shape index (κ2) is 5.79. The van der Waals surface area contributed by atoms with Crippen molar-refractivity contribution >= 4 is 37.6 Å². The SMILES string of the molecule is Cc1ncc(Br)c(=O)n1CC(=O)c1cccc(Br)c1. The lowest BCUT2D eigenvalue weighted by Crippen LogP contribution is -2.27. The van der Waals surface area contributed by atoms with Gasteiger partial charge in [-0.25, -0.2) is 4.98 Å². The number of halogens is 2. The van der Waals surface area contributed by atoms with E-state index in [0.29, 0.717) is 15.9 Å². The van der Waals surface area contributed by atoms with E-state index >= 15 is 0 Å². The van der Waals surface area contributed by atoms with E-state index in [0.717, 1.165) is 4.47 Å². The summed E-state index contributed by atoms with van der Waals surface area (Å²) >= 11 is 6.44. The van der Waals surface area contributed by atoms with E-state index in [9.17, 15) is 9.59 Å². The Morgan fingerprint density at radius 3 is 2.79 bits per heavy atom. The largest absolute Gasteiger partial charge is 0.292 e. The summed E-state index contributed by atoms with van der Waals surface area (Å²) in [5.41, 5.74) is 0.302. The van der Waals surface area contributed by atoms with E-state index in [2.05, 4.69) is 36.8 Å². The summed E-state index contributed by atoms with van der Waals surface area (Å²) in [7, 11) is 0. The molecule has 19 heavy (non-hydrogen) atoms. The number of benzene rings is 1. The van der Waals surface area contributed by atoms with E-state index in [4.69, 9.17) is 0 Å². The van der Waals surface area contributed by atoms with Crippen LogP contribution in [0.1, 0.15) is 16.2 Å². The maximum atomic E-state index is 12.2. The number of hydrogen-bond donors (Lipinski definition) is 0. The number of carbonyl (C=O) groups is 1. The van der Waals surface area contributed by atoms with Crippen LogP contribution in [0.15, 0.2) is 44.2 Å². The van der Waals surface area contributed by atoms with Crippen LogP contribution in [0, 0.1) is 6.92 Å². The Bertz CT molecular complexity index is 695. The van der Waals surface area contributed by atoms with Crippen LogP contribution in [-0.4, -0.2) is 15.3 Å². The second-order valence-corrected chi connectivity index (χ2v) is 5.75. The van der Waals surface area contributed by atoms with Gasteiger partial charge in [-0.2, -0.15) is 0 Å². The Kier molecular flexibility index (Phi) is 4.31. The van der Waals surface area contributed by atoms with Crippen LogP contribution in [0.3, 0.4) is 0 Å². The van der Waals surface area contributed by atoms with Crippen molar-refractivity contribution in [2.24, 2.45) is 0 Å². The summed E-state index contributed by atoms with van der Waals surface area (Å²) in [5, 5.41) is 0. The summed E-state index contributed by atoms with van der Waals surface area (Å²) < 4.78 is 2.53. The lowest BCUT2D eigenvalue weighted by Gasteiger charge is -2.08. The highest BCUT2D eigenvalue weighted by Crippen LogP contribution is 2.13. The summed E-state index contributed by atoms with van der Waals surface area (Å²) in [5.74, 6) is 0.378. The predicted octanol–water partition coefficient (Wildman–Crippen LogP) is 2.96. The molecule has 2 aromatic rings. The molecule has 1 heterocycles. The van der Waals surface area contributed by atoms with Gasteiger partial charge in [0.2, 0.25) is 0 Å². The average molecular weight is 386 g/mol. The number of Topliss-reactive ketones (excluding diaryl/α,β-unsaturated/α-hetero) is 1. The van der Waals surface area contributed by atoms with Gasteiger partial charge >= 0.3 is 0 Å². The smallest absolute Gasteiger partial charge is 0.268 e. The number of nitrogens with zero attached hydrogens (tertiary/aromatic N) is 2. The van der Waals surface area contributed by atoms with Crippen molar-refractivity contribution in [3.63, 3.8) is 0 Å². The van der Waals surface area contributed by atoms with Gasteiger partial charge in [-0.05, 0) is 35.0 Å². The van der Waals surface area contributed by atoms with Crippen LogP contribution in [0.25, 0.3) is 0 Å². The van der Waals surface area contributed by atoms with E-state index in [1.807, 2.05) is 6.07 Å². The van der Waals surface area contributed by atoms with Crippen molar-refractivity contribution in [1.29, 1.82) is 0 Å². The van der Waals surface area contributed by atoms with Crippen LogP contribution in [0.4, 0.5) is 0 Å². The molecule has 6 heteroatoms. The minimum Gasteiger partial charge on any atom is -0.292 e. The highest BCUT2D eigenvalue weighted by Gasteiger charge is 2.12. The fourth-order valence-corrected chi connectivity index (χ4v) is 2.35. The van der Waals surface area contributed by atoms with Crippen LogP contribution in [0.5, 0.6) is 0 Å². The van der Waals surface area contributed by atoms with Gasteiger partial charge in [-0.1, -0.05) is 28.1 Å². The third-order valence-electron chi connectivity index (χ3n) is 2.65. The van der Waals surface area contributed by atoms with Crippen molar-refractivity contribution in [1.82, 2.24) is 9.55 Å². The number of ketones is 1. The van der Waals surface area contributed by atoms with Gasteiger partial charge in [-0.3, -0.25) is 14.2 Å². The molecule has 0 atom stereocenters. The van der Waals surface area contributed by atoms with Gasteiger partial charge in [0, 0.05) is 16.2 Å². The van der Waals surface area contributed by atoms with Gasteiger partial charge in [-0.15, -0.1) is 0 Å². The minimum atomic E-state index is -0.254. The molecule has 0 fully saturated rings. The van der Waals surface area contributed by atoms with E-state index in [1.54, 1.807) is 25.1 Å². The highest BCUT2D eigenvalue weighted by molar-refractivity contribution is 9.10. The van der Waals surface area contributed by atoms with Crippen LogP contribution < -0.4 is 5.56 Å². The van der Waals surface area contributed by atoms with Crippen LogP contribution >= 0.6 is 31.9 Å². The first-order valence-electron chi connectivity index (χ1n) is 5.50. The number of carbonyl (C=O) groups excluding carboxylic acids is 1. The predicted molar refractivity (Wildman–Crippen MR) is 79.4 cm³/mol. The molecular formula is C13H10Br2N2O2. The normalized spacial score (nSPS) is 10.5. The zero-order chi connectivity index (χ0) is 14.0.